The number of benzene rings is 4. The molecule has 0 bridgehead atoms. The Hall–Kier alpha value is -4.92. The van der Waals surface area contributed by atoms with Crippen molar-refractivity contribution in [3.8, 4) is 17.2 Å². The number of nitrogens with one attached hydrogen (secondary N) is 1. The summed E-state index contributed by atoms with van der Waals surface area (Å²) in [5.41, 5.74) is 2.75. The number of rotatable bonds is 9. The molecular formula is C35H31F3N2O4. The number of alkyl halides is 3. The van der Waals surface area contributed by atoms with Crippen molar-refractivity contribution < 1.29 is 32.2 Å². The molecule has 0 fully saturated rings. The summed E-state index contributed by atoms with van der Waals surface area (Å²) in [6.07, 6.45) is -2.80. The molecule has 0 spiro atoms. The molecule has 1 amide bonds. The number of methoxy groups -OCH3 is 1. The van der Waals surface area contributed by atoms with E-state index in [0.29, 0.717) is 30.2 Å². The summed E-state index contributed by atoms with van der Waals surface area (Å²) in [5.74, 6) is 1.29. The first-order valence-corrected chi connectivity index (χ1v) is 14.3. The summed E-state index contributed by atoms with van der Waals surface area (Å²) in [4.78, 5) is 13.4. The summed E-state index contributed by atoms with van der Waals surface area (Å²) in [6.45, 7) is 1.08. The molecule has 2 atom stereocenters. The smallest absolute Gasteiger partial charge is 0.416 e. The summed E-state index contributed by atoms with van der Waals surface area (Å²) in [5, 5.41) is 3.88. The molecule has 1 aliphatic heterocycles. The van der Waals surface area contributed by atoms with Crippen LogP contribution in [0, 0.1) is 0 Å². The van der Waals surface area contributed by atoms with Crippen molar-refractivity contribution in [2.75, 3.05) is 20.3 Å². The molecule has 2 heterocycles. The highest BCUT2D eigenvalue weighted by atomic mass is 19.4. The fraction of sp³-hybridized carbons (Fsp3) is 0.229. The molecule has 0 saturated heterocycles. The van der Waals surface area contributed by atoms with Crippen molar-refractivity contribution >= 4 is 16.8 Å². The fourth-order valence-electron chi connectivity index (χ4n) is 5.57. The number of halogens is 3. The standard InChI is InChI=1S/C35H31F3N2O4/c1-42-26-16-10-23(11-17-26)20-40-21-30(28-6-2-3-7-31(28)40)29(24-12-14-25(15-13-24)35(36,37)38)18-34(41)39-19-27-22-43-32-8-4-5-9-33(32)44-27/h2-17,21,27,29H,18-20,22H2,1H3,(H,39,41)/t27-,29-/m1/s1. The van der Waals surface area contributed by atoms with Crippen LogP contribution in [0.3, 0.4) is 0 Å². The maximum atomic E-state index is 13.4. The third-order valence-corrected chi connectivity index (χ3v) is 7.83. The van der Waals surface area contributed by atoms with E-state index in [1.807, 2.05) is 79.0 Å². The second-order valence-corrected chi connectivity index (χ2v) is 10.8. The first-order valence-electron chi connectivity index (χ1n) is 14.3. The van der Waals surface area contributed by atoms with Gasteiger partial charge in [0, 0.05) is 36.0 Å². The lowest BCUT2D eigenvalue weighted by molar-refractivity contribution is -0.137. The lowest BCUT2D eigenvalue weighted by atomic mass is 9.87. The van der Waals surface area contributed by atoms with Gasteiger partial charge in [0.05, 0.1) is 19.2 Å². The number of nitrogens with zero attached hydrogens (tertiary/aromatic N) is 1. The van der Waals surface area contributed by atoms with Crippen molar-refractivity contribution in [1.82, 2.24) is 9.88 Å². The first kappa shape index (κ1) is 29.2. The third kappa shape index (κ3) is 6.37. The third-order valence-electron chi connectivity index (χ3n) is 7.83. The molecule has 0 saturated carbocycles. The largest absolute Gasteiger partial charge is 0.497 e. The van der Waals surface area contributed by atoms with Gasteiger partial charge in [0.15, 0.2) is 11.5 Å². The monoisotopic (exact) mass is 600 g/mol. The van der Waals surface area contributed by atoms with Crippen LogP contribution >= 0.6 is 0 Å². The summed E-state index contributed by atoms with van der Waals surface area (Å²) < 4.78 is 59.3. The van der Waals surface area contributed by atoms with Gasteiger partial charge in [-0.1, -0.05) is 54.6 Å². The Morgan fingerprint density at radius 2 is 1.66 bits per heavy atom. The Balaban J connectivity index is 1.28. The summed E-state index contributed by atoms with van der Waals surface area (Å²) in [7, 11) is 1.62. The van der Waals surface area contributed by atoms with E-state index in [9.17, 15) is 18.0 Å². The summed E-state index contributed by atoms with van der Waals surface area (Å²) in [6, 6.07) is 28.0. The SMILES string of the molecule is COc1ccc(Cn2cc([C@H](CC(=O)NC[C@@H]3COc4ccccc4O3)c3ccc(C(F)(F)F)cc3)c3ccccc32)cc1. The molecule has 9 heteroatoms. The van der Waals surface area contributed by atoms with E-state index in [2.05, 4.69) is 9.88 Å². The molecule has 1 N–H and O–H groups in total. The second kappa shape index (κ2) is 12.4. The molecule has 0 unspecified atom stereocenters. The molecule has 5 aromatic rings. The average Bonchev–Trinajstić information content (AvgIpc) is 3.40. The van der Waals surface area contributed by atoms with E-state index in [0.717, 1.165) is 39.9 Å². The van der Waals surface area contributed by atoms with E-state index < -0.39 is 17.7 Å². The van der Waals surface area contributed by atoms with Crippen molar-refractivity contribution in [2.45, 2.75) is 31.2 Å². The zero-order valence-corrected chi connectivity index (χ0v) is 24.0. The minimum atomic E-state index is -4.46. The van der Waals surface area contributed by atoms with Crippen LogP contribution in [-0.4, -0.2) is 36.8 Å². The maximum Gasteiger partial charge on any atom is 0.416 e. The zero-order chi connectivity index (χ0) is 30.7. The predicted molar refractivity (Wildman–Crippen MR) is 161 cm³/mol. The van der Waals surface area contributed by atoms with E-state index in [1.165, 1.54) is 12.1 Å². The van der Waals surface area contributed by atoms with Gasteiger partial charge in [-0.25, -0.2) is 0 Å². The first-order chi connectivity index (χ1) is 21.3. The predicted octanol–water partition coefficient (Wildman–Crippen LogP) is 7.20. The van der Waals surface area contributed by atoms with Gasteiger partial charge in [-0.3, -0.25) is 4.79 Å². The van der Waals surface area contributed by atoms with Crippen LogP contribution in [0.5, 0.6) is 17.2 Å². The van der Waals surface area contributed by atoms with Crippen LogP contribution in [0.2, 0.25) is 0 Å². The molecule has 0 radical (unpaired) electrons. The summed E-state index contributed by atoms with van der Waals surface area (Å²) >= 11 is 0. The Bertz CT molecular complexity index is 1750. The van der Waals surface area contributed by atoms with Crippen molar-refractivity contribution in [1.29, 1.82) is 0 Å². The van der Waals surface area contributed by atoms with E-state index in [4.69, 9.17) is 14.2 Å². The van der Waals surface area contributed by atoms with E-state index in [-0.39, 0.29) is 25.0 Å². The highest BCUT2D eigenvalue weighted by Gasteiger charge is 2.31. The molecular weight excluding hydrogens is 569 g/mol. The Morgan fingerprint density at radius 1 is 0.955 bits per heavy atom. The van der Waals surface area contributed by atoms with Crippen molar-refractivity contribution in [2.24, 2.45) is 0 Å². The Labute approximate surface area is 253 Å². The molecule has 44 heavy (non-hydrogen) atoms. The van der Waals surface area contributed by atoms with E-state index in [1.54, 1.807) is 7.11 Å². The van der Waals surface area contributed by atoms with Crippen molar-refractivity contribution in [3.63, 3.8) is 0 Å². The molecule has 6 nitrogen and oxygen atoms in total. The number of fused-ring (bicyclic) bond motifs is 2. The van der Waals surface area contributed by atoms with Gasteiger partial charge in [0.2, 0.25) is 5.91 Å². The molecule has 6 rings (SSSR count). The van der Waals surface area contributed by atoms with Gasteiger partial charge < -0.3 is 24.1 Å². The Kier molecular flexibility index (Phi) is 8.19. The molecule has 1 aliphatic rings. The number of amides is 1. The molecule has 0 aliphatic carbocycles. The van der Waals surface area contributed by atoms with Gasteiger partial charge in [-0.05, 0) is 59.2 Å². The second-order valence-electron chi connectivity index (χ2n) is 10.8. The highest BCUT2D eigenvalue weighted by Crippen LogP contribution is 2.37. The fourth-order valence-corrected chi connectivity index (χ4v) is 5.57. The van der Waals surface area contributed by atoms with Crippen LogP contribution in [-0.2, 0) is 17.5 Å². The van der Waals surface area contributed by atoms with Crippen LogP contribution in [0.15, 0.2) is 103 Å². The minimum absolute atomic E-state index is 0.0338. The number of hydrogen-bond donors (Lipinski definition) is 1. The van der Waals surface area contributed by atoms with Gasteiger partial charge in [-0.15, -0.1) is 0 Å². The quantitative estimate of drug-likeness (QED) is 0.195. The van der Waals surface area contributed by atoms with Gasteiger partial charge in [0.1, 0.15) is 18.5 Å². The van der Waals surface area contributed by atoms with Crippen LogP contribution in [0.1, 0.15) is 34.6 Å². The number of aromatic nitrogens is 1. The lowest BCUT2D eigenvalue weighted by Gasteiger charge is -2.26. The van der Waals surface area contributed by atoms with Crippen LogP contribution in [0.25, 0.3) is 10.9 Å². The number of carbonyl (C=O) groups is 1. The number of hydrogen-bond acceptors (Lipinski definition) is 4. The lowest BCUT2D eigenvalue weighted by Crippen LogP contribution is -2.41. The van der Waals surface area contributed by atoms with Crippen LogP contribution < -0.4 is 19.5 Å². The van der Waals surface area contributed by atoms with Gasteiger partial charge in [-0.2, -0.15) is 13.2 Å². The number of ether oxygens (including phenoxy) is 3. The topological polar surface area (TPSA) is 61.7 Å². The zero-order valence-electron chi connectivity index (χ0n) is 24.0. The minimum Gasteiger partial charge on any atom is -0.497 e. The average molecular weight is 601 g/mol. The van der Waals surface area contributed by atoms with Crippen LogP contribution in [0.4, 0.5) is 13.2 Å². The normalized spacial score (nSPS) is 15.1. The molecule has 1 aromatic heterocycles. The Morgan fingerprint density at radius 3 is 2.39 bits per heavy atom. The number of para-hydroxylation sites is 3. The van der Waals surface area contributed by atoms with Gasteiger partial charge in [0.25, 0.3) is 0 Å². The van der Waals surface area contributed by atoms with Crippen molar-refractivity contribution in [3.05, 3.63) is 126 Å². The van der Waals surface area contributed by atoms with E-state index >= 15 is 0 Å². The molecule has 226 valence electrons. The maximum absolute atomic E-state index is 13.4. The van der Waals surface area contributed by atoms with Gasteiger partial charge >= 0.3 is 6.18 Å². The number of carbonyl (C=O) groups excluding carboxylic acids is 1. The highest BCUT2D eigenvalue weighted by molar-refractivity contribution is 5.87. The molecule has 4 aromatic carbocycles.